The molecule has 2 aromatic carbocycles. The number of ether oxygens (including phenoxy) is 2. The molecule has 0 saturated heterocycles. The summed E-state index contributed by atoms with van der Waals surface area (Å²) in [5.74, 6) is -0.167. The molecular formula is C20H24N2O5. The summed E-state index contributed by atoms with van der Waals surface area (Å²) in [5, 5.41) is 15.0. The average Bonchev–Trinajstić information content (AvgIpc) is 2.67. The lowest BCUT2D eigenvalue weighted by molar-refractivity contribution is -0.141. The number of hydrogen-bond donors (Lipinski definition) is 3. The second kappa shape index (κ2) is 10.2. The van der Waals surface area contributed by atoms with E-state index in [1.54, 1.807) is 44.6 Å². The van der Waals surface area contributed by atoms with Crippen LogP contribution in [0.3, 0.4) is 0 Å². The molecule has 144 valence electrons. The average molecular weight is 372 g/mol. The normalized spacial score (nSPS) is 11.5. The van der Waals surface area contributed by atoms with Gasteiger partial charge in [-0.3, -0.25) is 9.59 Å². The van der Waals surface area contributed by atoms with Crippen LogP contribution in [0.2, 0.25) is 0 Å². The highest BCUT2D eigenvalue weighted by Gasteiger charge is 2.20. The number of carboxylic acid groups (broad SMARTS) is 1. The lowest BCUT2D eigenvalue weighted by Gasteiger charge is -2.15. The van der Waals surface area contributed by atoms with E-state index in [2.05, 4.69) is 10.6 Å². The van der Waals surface area contributed by atoms with Crippen LogP contribution in [0.4, 0.5) is 5.69 Å². The topological polar surface area (TPSA) is 96.9 Å². The van der Waals surface area contributed by atoms with E-state index in [4.69, 9.17) is 9.47 Å². The van der Waals surface area contributed by atoms with Crippen molar-refractivity contribution in [1.82, 2.24) is 5.32 Å². The van der Waals surface area contributed by atoms with E-state index < -0.39 is 12.0 Å². The maximum atomic E-state index is 12.1. The SMILES string of the molecule is COc1ccc(CCNC(CC(=O)Nc2ccccc2)C(=O)O)cc1OC. The fourth-order valence-corrected chi connectivity index (χ4v) is 2.59. The van der Waals surface area contributed by atoms with E-state index in [0.717, 1.165) is 5.56 Å². The smallest absolute Gasteiger partial charge is 0.321 e. The number of carbonyl (C=O) groups excluding carboxylic acids is 1. The second-order valence-electron chi connectivity index (χ2n) is 5.90. The highest BCUT2D eigenvalue weighted by Crippen LogP contribution is 2.27. The van der Waals surface area contributed by atoms with Gasteiger partial charge in [0, 0.05) is 5.69 Å². The predicted octanol–water partition coefficient (Wildman–Crippen LogP) is 2.32. The van der Waals surface area contributed by atoms with Crippen LogP contribution < -0.4 is 20.1 Å². The van der Waals surface area contributed by atoms with Crippen LogP contribution >= 0.6 is 0 Å². The van der Waals surface area contributed by atoms with Gasteiger partial charge in [-0.2, -0.15) is 0 Å². The molecule has 3 N–H and O–H groups in total. The quantitative estimate of drug-likeness (QED) is 0.592. The number of aliphatic carboxylic acids is 1. The Bertz CT molecular complexity index is 764. The summed E-state index contributed by atoms with van der Waals surface area (Å²) in [6.07, 6.45) is 0.431. The van der Waals surface area contributed by atoms with Crippen LogP contribution in [-0.4, -0.2) is 43.8 Å². The largest absolute Gasteiger partial charge is 0.493 e. The summed E-state index contributed by atoms with van der Waals surface area (Å²) in [6, 6.07) is 13.5. The first-order valence-corrected chi connectivity index (χ1v) is 8.55. The zero-order chi connectivity index (χ0) is 19.6. The summed E-state index contributed by atoms with van der Waals surface area (Å²) in [7, 11) is 3.13. The molecule has 1 unspecified atom stereocenters. The van der Waals surface area contributed by atoms with E-state index in [-0.39, 0.29) is 12.3 Å². The van der Waals surface area contributed by atoms with Crippen LogP contribution in [0.5, 0.6) is 11.5 Å². The van der Waals surface area contributed by atoms with Crippen molar-refractivity contribution >= 4 is 17.6 Å². The highest BCUT2D eigenvalue weighted by atomic mass is 16.5. The van der Waals surface area contributed by atoms with Gasteiger partial charge in [0.1, 0.15) is 6.04 Å². The van der Waals surface area contributed by atoms with Gasteiger partial charge < -0.3 is 25.2 Å². The molecule has 7 nitrogen and oxygen atoms in total. The van der Waals surface area contributed by atoms with E-state index in [0.29, 0.717) is 30.2 Å². The van der Waals surface area contributed by atoms with Crippen LogP contribution in [0.25, 0.3) is 0 Å². The van der Waals surface area contributed by atoms with Gasteiger partial charge in [0.2, 0.25) is 5.91 Å². The molecule has 0 heterocycles. The first-order chi connectivity index (χ1) is 13.0. The van der Waals surface area contributed by atoms with Crippen molar-refractivity contribution in [3.63, 3.8) is 0 Å². The number of methoxy groups -OCH3 is 2. The molecule has 1 amide bonds. The molecule has 0 aliphatic carbocycles. The standard InChI is InChI=1S/C20H24N2O5/c1-26-17-9-8-14(12-18(17)27-2)10-11-21-16(20(24)25)13-19(23)22-15-6-4-3-5-7-15/h3-9,12,16,21H,10-11,13H2,1-2H3,(H,22,23)(H,24,25). The first kappa shape index (κ1) is 20.3. The molecule has 0 aliphatic rings. The zero-order valence-electron chi connectivity index (χ0n) is 15.4. The Morgan fingerprint density at radius 3 is 2.37 bits per heavy atom. The molecule has 0 spiro atoms. The summed E-state index contributed by atoms with van der Waals surface area (Å²) in [5.41, 5.74) is 1.61. The molecule has 2 aromatic rings. The van der Waals surface area contributed by atoms with Crippen molar-refractivity contribution in [2.75, 3.05) is 26.1 Å². The fraction of sp³-hybridized carbons (Fsp3) is 0.300. The van der Waals surface area contributed by atoms with Gasteiger partial charge in [0.25, 0.3) is 0 Å². The van der Waals surface area contributed by atoms with Gasteiger partial charge in [0.15, 0.2) is 11.5 Å². The molecule has 0 aliphatic heterocycles. The molecule has 2 rings (SSSR count). The number of amides is 1. The Hall–Kier alpha value is -3.06. The van der Waals surface area contributed by atoms with E-state index >= 15 is 0 Å². The molecule has 27 heavy (non-hydrogen) atoms. The van der Waals surface area contributed by atoms with Gasteiger partial charge in [-0.15, -0.1) is 0 Å². The maximum Gasteiger partial charge on any atom is 0.321 e. The number of hydrogen-bond acceptors (Lipinski definition) is 5. The van der Waals surface area contributed by atoms with Crippen molar-refractivity contribution in [3.05, 3.63) is 54.1 Å². The van der Waals surface area contributed by atoms with Crippen LogP contribution in [0.1, 0.15) is 12.0 Å². The van der Waals surface area contributed by atoms with E-state index in [1.807, 2.05) is 18.2 Å². The van der Waals surface area contributed by atoms with Crippen molar-refractivity contribution in [1.29, 1.82) is 0 Å². The minimum absolute atomic E-state index is 0.157. The lowest BCUT2D eigenvalue weighted by Crippen LogP contribution is -2.40. The minimum atomic E-state index is -1.06. The fourth-order valence-electron chi connectivity index (χ4n) is 2.59. The highest BCUT2D eigenvalue weighted by molar-refractivity contribution is 5.94. The van der Waals surface area contributed by atoms with Crippen molar-refractivity contribution in [2.24, 2.45) is 0 Å². The van der Waals surface area contributed by atoms with Gasteiger partial charge in [0.05, 0.1) is 20.6 Å². The Morgan fingerprint density at radius 1 is 1.04 bits per heavy atom. The third-order valence-corrected chi connectivity index (χ3v) is 4.00. The van der Waals surface area contributed by atoms with Gasteiger partial charge in [-0.25, -0.2) is 0 Å². The van der Waals surface area contributed by atoms with Gasteiger partial charge >= 0.3 is 5.97 Å². The number of carboxylic acids is 1. The van der Waals surface area contributed by atoms with Gasteiger partial charge in [-0.1, -0.05) is 24.3 Å². The Labute approximate surface area is 158 Å². The molecular weight excluding hydrogens is 348 g/mol. The number of nitrogens with one attached hydrogen (secondary N) is 2. The van der Waals surface area contributed by atoms with Crippen molar-refractivity contribution in [3.8, 4) is 11.5 Å². The number of para-hydroxylation sites is 1. The summed E-state index contributed by atoms with van der Waals surface area (Å²) < 4.78 is 10.5. The number of benzene rings is 2. The van der Waals surface area contributed by atoms with Crippen molar-refractivity contribution < 1.29 is 24.2 Å². The van der Waals surface area contributed by atoms with Crippen LogP contribution in [0, 0.1) is 0 Å². The van der Waals surface area contributed by atoms with Crippen LogP contribution in [0.15, 0.2) is 48.5 Å². The van der Waals surface area contributed by atoms with Crippen LogP contribution in [-0.2, 0) is 16.0 Å². The van der Waals surface area contributed by atoms with E-state index in [1.165, 1.54) is 0 Å². The first-order valence-electron chi connectivity index (χ1n) is 8.55. The second-order valence-corrected chi connectivity index (χ2v) is 5.90. The summed E-state index contributed by atoms with van der Waals surface area (Å²) in [4.78, 5) is 23.5. The number of rotatable bonds is 10. The lowest BCUT2D eigenvalue weighted by atomic mass is 10.1. The molecule has 0 fully saturated rings. The zero-order valence-corrected chi connectivity index (χ0v) is 15.4. The predicted molar refractivity (Wildman–Crippen MR) is 102 cm³/mol. The Morgan fingerprint density at radius 2 is 1.74 bits per heavy atom. The minimum Gasteiger partial charge on any atom is -0.493 e. The Kier molecular flexibility index (Phi) is 7.63. The maximum absolute atomic E-state index is 12.1. The third-order valence-electron chi connectivity index (χ3n) is 4.00. The molecule has 0 radical (unpaired) electrons. The summed E-state index contributed by atoms with van der Waals surface area (Å²) >= 11 is 0. The number of anilines is 1. The Balaban J connectivity index is 1.87. The van der Waals surface area contributed by atoms with E-state index in [9.17, 15) is 14.7 Å². The molecule has 0 bridgehead atoms. The van der Waals surface area contributed by atoms with Crippen molar-refractivity contribution in [2.45, 2.75) is 18.9 Å². The summed E-state index contributed by atoms with van der Waals surface area (Å²) in [6.45, 7) is 0.408. The third kappa shape index (κ3) is 6.31. The van der Waals surface area contributed by atoms with Gasteiger partial charge in [-0.05, 0) is 42.8 Å². The number of carbonyl (C=O) groups is 2. The molecule has 7 heteroatoms. The monoisotopic (exact) mass is 372 g/mol. The molecule has 0 saturated carbocycles. The molecule has 0 aromatic heterocycles. The molecule has 1 atom stereocenters.